The number of halogens is 2. The maximum atomic E-state index is 11.9. The van der Waals surface area contributed by atoms with Crippen LogP contribution in [0.15, 0.2) is 48.5 Å². The molecule has 0 fully saturated rings. The van der Waals surface area contributed by atoms with Crippen LogP contribution in [0.25, 0.3) is 0 Å². The van der Waals surface area contributed by atoms with E-state index in [4.69, 9.17) is 32.7 Å². The second kappa shape index (κ2) is 8.57. The van der Waals surface area contributed by atoms with E-state index < -0.39 is 24.6 Å². The number of benzene rings is 2. The highest BCUT2D eigenvalue weighted by atomic mass is 35.5. The molecule has 5 nitrogen and oxygen atoms in total. The molecule has 0 saturated carbocycles. The average molecular weight is 368 g/mol. The zero-order chi connectivity index (χ0) is 17.5. The van der Waals surface area contributed by atoms with Gasteiger partial charge < -0.3 is 14.8 Å². The first kappa shape index (κ1) is 18.1. The summed E-state index contributed by atoms with van der Waals surface area (Å²) in [5.41, 5.74) is 0.522. The normalized spacial score (nSPS) is 11.5. The lowest BCUT2D eigenvalue weighted by molar-refractivity contribution is -0.153. The van der Waals surface area contributed by atoms with Crippen LogP contribution in [-0.2, 0) is 14.3 Å². The summed E-state index contributed by atoms with van der Waals surface area (Å²) < 4.78 is 10.3. The second-order valence-electron chi connectivity index (χ2n) is 4.88. The molecule has 0 aliphatic rings. The van der Waals surface area contributed by atoms with Crippen LogP contribution in [0.1, 0.15) is 6.92 Å². The Bertz CT molecular complexity index is 719. The van der Waals surface area contributed by atoms with Crippen molar-refractivity contribution in [2.24, 2.45) is 0 Å². The molecule has 0 aromatic heterocycles. The van der Waals surface area contributed by atoms with E-state index in [2.05, 4.69) is 5.32 Å². The number of carbonyl (C=O) groups is 2. The summed E-state index contributed by atoms with van der Waals surface area (Å²) in [4.78, 5) is 23.6. The van der Waals surface area contributed by atoms with Gasteiger partial charge >= 0.3 is 5.97 Å². The predicted octanol–water partition coefficient (Wildman–Crippen LogP) is 3.94. The smallest absolute Gasteiger partial charge is 0.347 e. The summed E-state index contributed by atoms with van der Waals surface area (Å²) >= 11 is 11.6. The summed E-state index contributed by atoms with van der Waals surface area (Å²) in [6.07, 6.45) is -0.856. The van der Waals surface area contributed by atoms with Crippen molar-refractivity contribution < 1.29 is 19.1 Å². The number of carbonyl (C=O) groups excluding carboxylic acids is 2. The molecule has 1 atom stereocenters. The first-order valence-corrected chi connectivity index (χ1v) is 7.84. The van der Waals surface area contributed by atoms with Crippen molar-refractivity contribution in [1.82, 2.24) is 0 Å². The Balaban J connectivity index is 1.79. The van der Waals surface area contributed by atoms with Gasteiger partial charge in [-0.1, -0.05) is 29.3 Å². The van der Waals surface area contributed by atoms with Gasteiger partial charge in [0.25, 0.3) is 5.91 Å². The third-order valence-electron chi connectivity index (χ3n) is 2.91. The molecular weight excluding hydrogens is 353 g/mol. The molecule has 0 radical (unpaired) electrons. The van der Waals surface area contributed by atoms with Crippen molar-refractivity contribution in [3.8, 4) is 5.75 Å². The lowest BCUT2D eigenvalue weighted by Gasteiger charge is -2.14. The molecule has 0 unspecified atom stereocenters. The highest BCUT2D eigenvalue weighted by Gasteiger charge is 2.18. The average Bonchev–Trinajstić information content (AvgIpc) is 2.54. The molecule has 0 heterocycles. The van der Waals surface area contributed by atoms with Crippen LogP contribution in [0, 0.1) is 0 Å². The zero-order valence-electron chi connectivity index (χ0n) is 12.8. The minimum Gasteiger partial charge on any atom is -0.479 e. The van der Waals surface area contributed by atoms with E-state index in [9.17, 15) is 9.59 Å². The van der Waals surface area contributed by atoms with E-state index in [1.807, 2.05) is 0 Å². The van der Waals surface area contributed by atoms with E-state index in [1.54, 1.807) is 48.5 Å². The van der Waals surface area contributed by atoms with Gasteiger partial charge in [-0.05, 0) is 49.4 Å². The molecule has 2 aromatic rings. The number of hydrogen-bond acceptors (Lipinski definition) is 4. The molecule has 2 rings (SSSR count). The Morgan fingerprint density at radius 3 is 2.46 bits per heavy atom. The molecule has 2 aromatic carbocycles. The molecule has 0 aliphatic carbocycles. The zero-order valence-corrected chi connectivity index (χ0v) is 14.3. The molecule has 126 valence electrons. The molecule has 0 bridgehead atoms. The molecule has 0 saturated heterocycles. The van der Waals surface area contributed by atoms with Crippen molar-refractivity contribution in [2.75, 3.05) is 11.9 Å². The Kier molecular flexibility index (Phi) is 6.46. The summed E-state index contributed by atoms with van der Waals surface area (Å²) in [5.74, 6) is -0.636. The Labute approximate surface area is 149 Å². The topological polar surface area (TPSA) is 64.6 Å². The highest BCUT2D eigenvalue weighted by Crippen LogP contribution is 2.17. The Morgan fingerprint density at radius 2 is 1.79 bits per heavy atom. The first-order chi connectivity index (χ1) is 11.4. The number of anilines is 1. The van der Waals surface area contributed by atoms with E-state index in [-0.39, 0.29) is 0 Å². The number of nitrogens with one attached hydrogen (secondary N) is 1. The molecule has 0 aliphatic heterocycles. The molecule has 7 heteroatoms. The van der Waals surface area contributed by atoms with E-state index in [0.29, 0.717) is 21.5 Å². The number of rotatable bonds is 6. The fourth-order valence-corrected chi connectivity index (χ4v) is 2.10. The fourth-order valence-electron chi connectivity index (χ4n) is 1.78. The number of ether oxygens (including phenoxy) is 2. The van der Waals surface area contributed by atoms with Gasteiger partial charge in [0.15, 0.2) is 12.7 Å². The van der Waals surface area contributed by atoms with Crippen molar-refractivity contribution in [2.45, 2.75) is 13.0 Å². The van der Waals surface area contributed by atoms with Crippen LogP contribution in [0.4, 0.5) is 5.69 Å². The largest absolute Gasteiger partial charge is 0.479 e. The van der Waals surface area contributed by atoms with Crippen LogP contribution in [0.5, 0.6) is 5.75 Å². The van der Waals surface area contributed by atoms with E-state index in [0.717, 1.165) is 0 Å². The maximum absolute atomic E-state index is 11.9. The van der Waals surface area contributed by atoms with Crippen LogP contribution < -0.4 is 10.1 Å². The Hall–Kier alpha value is -2.24. The Morgan fingerprint density at radius 1 is 1.08 bits per heavy atom. The predicted molar refractivity (Wildman–Crippen MR) is 92.6 cm³/mol. The third-order valence-corrected chi connectivity index (χ3v) is 3.40. The molecule has 0 spiro atoms. The lowest BCUT2D eigenvalue weighted by atomic mass is 10.3. The van der Waals surface area contributed by atoms with Gasteiger partial charge in [0.05, 0.1) is 0 Å². The van der Waals surface area contributed by atoms with E-state index in [1.165, 1.54) is 6.92 Å². The monoisotopic (exact) mass is 367 g/mol. The van der Waals surface area contributed by atoms with Crippen molar-refractivity contribution in [3.63, 3.8) is 0 Å². The highest BCUT2D eigenvalue weighted by molar-refractivity contribution is 6.31. The number of hydrogen-bond donors (Lipinski definition) is 1. The van der Waals surface area contributed by atoms with Crippen LogP contribution in [0.2, 0.25) is 10.0 Å². The van der Waals surface area contributed by atoms with Gasteiger partial charge in [-0.25, -0.2) is 4.79 Å². The molecule has 1 N–H and O–H groups in total. The first-order valence-electron chi connectivity index (χ1n) is 7.08. The summed E-state index contributed by atoms with van der Waals surface area (Å²) in [5, 5.41) is 3.64. The molecule has 24 heavy (non-hydrogen) atoms. The summed E-state index contributed by atoms with van der Waals surface area (Å²) in [7, 11) is 0. The molecular formula is C17H15Cl2NO4. The van der Waals surface area contributed by atoms with Gasteiger partial charge in [0.1, 0.15) is 5.75 Å². The van der Waals surface area contributed by atoms with Crippen LogP contribution in [-0.4, -0.2) is 24.6 Å². The van der Waals surface area contributed by atoms with Crippen molar-refractivity contribution >= 4 is 40.8 Å². The second-order valence-corrected chi connectivity index (χ2v) is 5.75. The van der Waals surface area contributed by atoms with Gasteiger partial charge in [0.2, 0.25) is 0 Å². The van der Waals surface area contributed by atoms with E-state index >= 15 is 0 Å². The van der Waals surface area contributed by atoms with Gasteiger partial charge in [-0.2, -0.15) is 0 Å². The van der Waals surface area contributed by atoms with Crippen LogP contribution >= 0.6 is 23.2 Å². The standard InChI is InChI=1S/C17H15Cl2NO4/c1-11(24-15-7-5-12(18)6-8-15)17(22)23-10-16(21)20-14-4-2-3-13(19)9-14/h2-9,11H,10H2,1H3,(H,20,21)/t11-/m0/s1. The maximum Gasteiger partial charge on any atom is 0.347 e. The minimum absolute atomic E-state index is 0.417. The molecule has 1 amide bonds. The SMILES string of the molecule is C[C@H](Oc1ccc(Cl)cc1)C(=O)OCC(=O)Nc1cccc(Cl)c1. The lowest BCUT2D eigenvalue weighted by Crippen LogP contribution is -2.29. The van der Waals surface area contributed by atoms with Crippen molar-refractivity contribution in [3.05, 3.63) is 58.6 Å². The third kappa shape index (κ3) is 5.76. The quantitative estimate of drug-likeness (QED) is 0.785. The van der Waals surface area contributed by atoms with Gasteiger partial charge in [-0.15, -0.1) is 0 Å². The number of amides is 1. The van der Waals surface area contributed by atoms with Gasteiger partial charge in [0, 0.05) is 15.7 Å². The minimum atomic E-state index is -0.856. The van der Waals surface area contributed by atoms with Gasteiger partial charge in [-0.3, -0.25) is 4.79 Å². The summed E-state index contributed by atoms with van der Waals surface area (Å²) in [6, 6.07) is 13.2. The number of esters is 1. The fraction of sp³-hybridized carbons (Fsp3) is 0.176. The van der Waals surface area contributed by atoms with Crippen molar-refractivity contribution in [1.29, 1.82) is 0 Å². The summed E-state index contributed by atoms with van der Waals surface area (Å²) in [6.45, 7) is 1.12. The van der Waals surface area contributed by atoms with Crippen LogP contribution in [0.3, 0.4) is 0 Å².